The molecule has 0 radical (unpaired) electrons. The Morgan fingerprint density at radius 1 is 1.17 bits per heavy atom. The van der Waals surface area contributed by atoms with Crippen molar-refractivity contribution in [2.45, 2.75) is 25.1 Å². The van der Waals surface area contributed by atoms with Crippen LogP contribution in [0.1, 0.15) is 25.0 Å². The van der Waals surface area contributed by atoms with Crippen molar-refractivity contribution in [1.82, 2.24) is 10.3 Å². The van der Waals surface area contributed by atoms with Gasteiger partial charge in [0.1, 0.15) is 0 Å². The van der Waals surface area contributed by atoms with Crippen LogP contribution in [0.5, 0.6) is 0 Å². The predicted molar refractivity (Wildman–Crippen MR) is 120 cm³/mol. The summed E-state index contributed by atoms with van der Waals surface area (Å²) in [5, 5.41) is 8.28. The van der Waals surface area contributed by atoms with Crippen LogP contribution >= 0.6 is 27.7 Å². The second-order valence-corrected chi connectivity index (χ2v) is 9.11. The molecule has 4 rings (SSSR count). The second-order valence-electron chi connectivity index (χ2n) is 7.02. The molecule has 154 valence electrons. The number of halogens is 1. The van der Waals surface area contributed by atoms with Gasteiger partial charge in [-0.2, -0.15) is 5.01 Å². The van der Waals surface area contributed by atoms with Crippen molar-refractivity contribution in [3.05, 3.63) is 64.1 Å². The quantitative estimate of drug-likeness (QED) is 0.721. The topological polar surface area (TPSA) is 82.1 Å². The first-order valence-corrected chi connectivity index (χ1v) is 11.0. The number of carbonyl (C=O) groups is 3. The molecule has 2 aliphatic rings. The number of nitrogens with zero attached hydrogens (tertiary/aromatic N) is 3. The number of thioether (sulfide) groups is 1. The number of benzene rings is 2. The molecule has 0 aromatic heterocycles. The number of amides is 3. The minimum Gasteiger partial charge on any atom is -0.308 e. The van der Waals surface area contributed by atoms with Crippen LogP contribution in [-0.4, -0.2) is 34.4 Å². The highest BCUT2D eigenvalue weighted by Gasteiger charge is 2.61. The van der Waals surface area contributed by atoms with E-state index in [1.807, 2.05) is 48.5 Å². The maximum atomic E-state index is 13.8. The molecule has 2 aromatic rings. The van der Waals surface area contributed by atoms with E-state index in [2.05, 4.69) is 26.3 Å². The molecule has 0 aliphatic carbocycles. The molecule has 0 saturated heterocycles. The third-order valence-electron chi connectivity index (χ3n) is 4.93. The normalized spacial score (nSPS) is 19.8. The summed E-state index contributed by atoms with van der Waals surface area (Å²) in [6.07, 6.45) is 0.669. The van der Waals surface area contributed by atoms with Gasteiger partial charge < -0.3 is 10.2 Å². The van der Waals surface area contributed by atoms with E-state index in [9.17, 15) is 14.4 Å². The number of fused-ring (bicyclic) bond motifs is 2. The van der Waals surface area contributed by atoms with Gasteiger partial charge >= 0.3 is 0 Å². The smallest absolute Gasteiger partial charge is 0.270 e. The number of anilines is 1. The molecule has 1 N–H and O–H groups in total. The molecule has 1 atom stereocenters. The zero-order valence-corrected chi connectivity index (χ0v) is 18.8. The first kappa shape index (κ1) is 20.6. The molecule has 0 fully saturated rings. The molecule has 1 spiro atoms. The van der Waals surface area contributed by atoms with E-state index in [-0.39, 0.29) is 22.9 Å². The van der Waals surface area contributed by atoms with Crippen molar-refractivity contribution in [2.75, 3.05) is 11.4 Å². The van der Waals surface area contributed by atoms with Crippen molar-refractivity contribution in [3.63, 3.8) is 0 Å². The van der Waals surface area contributed by atoms with Gasteiger partial charge in [-0.15, -0.1) is 5.10 Å². The summed E-state index contributed by atoms with van der Waals surface area (Å²) >= 11 is 4.56. The molecule has 0 bridgehead atoms. The fraction of sp³-hybridized carbons (Fsp3) is 0.238. The second kappa shape index (κ2) is 7.88. The Balaban J connectivity index is 1.75. The summed E-state index contributed by atoms with van der Waals surface area (Å²) < 4.78 is 0.787. The third kappa shape index (κ3) is 3.41. The minimum absolute atomic E-state index is 0.224. The Kier molecular flexibility index (Phi) is 5.42. The molecule has 3 amide bonds. The van der Waals surface area contributed by atoms with Gasteiger partial charge in [-0.05, 0) is 41.9 Å². The first-order chi connectivity index (χ1) is 14.3. The Morgan fingerprint density at radius 3 is 2.57 bits per heavy atom. The SMILES string of the molecule is CC(=O)NC1=NN(C(C)=O)[C@]2(S1)C(=O)N(CCc1ccccc1)c1ccc(Br)cc12. The van der Waals surface area contributed by atoms with E-state index in [4.69, 9.17) is 0 Å². The number of hydrazone groups is 1. The van der Waals surface area contributed by atoms with Crippen LogP contribution in [0.2, 0.25) is 0 Å². The zero-order chi connectivity index (χ0) is 21.5. The molecule has 30 heavy (non-hydrogen) atoms. The summed E-state index contributed by atoms with van der Waals surface area (Å²) in [5.74, 6) is -0.953. The average Bonchev–Trinajstić information content (AvgIpc) is 3.18. The van der Waals surface area contributed by atoms with Crippen LogP contribution in [0.25, 0.3) is 0 Å². The molecular formula is C21H19BrN4O3S. The number of nitrogens with one attached hydrogen (secondary N) is 1. The van der Waals surface area contributed by atoms with Gasteiger partial charge in [-0.3, -0.25) is 14.4 Å². The Labute approximate surface area is 186 Å². The Morgan fingerprint density at radius 2 is 1.90 bits per heavy atom. The van der Waals surface area contributed by atoms with Gasteiger partial charge in [-0.25, -0.2) is 0 Å². The average molecular weight is 487 g/mol. The number of amidine groups is 1. The molecule has 2 heterocycles. The van der Waals surface area contributed by atoms with Gasteiger partial charge in [0.05, 0.1) is 5.69 Å². The van der Waals surface area contributed by atoms with Gasteiger partial charge in [-0.1, -0.05) is 46.3 Å². The number of hydrogen-bond donors (Lipinski definition) is 1. The monoisotopic (exact) mass is 486 g/mol. The lowest BCUT2D eigenvalue weighted by atomic mass is 10.1. The lowest BCUT2D eigenvalue weighted by Crippen LogP contribution is -2.48. The van der Waals surface area contributed by atoms with E-state index in [1.54, 1.807) is 4.90 Å². The first-order valence-electron chi connectivity index (χ1n) is 9.35. The van der Waals surface area contributed by atoms with Crippen LogP contribution in [-0.2, 0) is 25.7 Å². The highest BCUT2D eigenvalue weighted by molar-refractivity contribution is 9.10. The summed E-state index contributed by atoms with van der Waals surface area (Å²) in [4.78, 5) is 38.1. The van der Waals surface area contributed by atoms with Crippen molar-refractivity contribution in [2.24, 2.45) is 5.10 Å². The van der Waals surface area contributed by atoms with E-state index >= 15 is 0 Å². The van der Waals surface area contributed by atoms with E-state index in [0.717, 1.165) is 27.5 Å². The standard InChI is InChI=1S/C21H19BrN4O3S/c1-13(27)23-20-24-26(14(2)28)21(30-20)17-12-16(22)8-9-18(17)25(19(21)29)11-10-15-6-4-3-5-7-15/h3-9,12H,10-11H2,1-2H3,(H,23,24,27)/t21-/m1/s1. The fourth-order valence-corrected chi connectivity index (χ4v) is 5.38. The van der Waals surface area contributed by atoms with Gasteiger partial charge in [0.25, 0.3) is 5.91 Å². The molecule has 7 nitrogen and oxygen atoms in total. The van der Waals surface area contributed by atoms with E-state index in [1.165, 1.54) is 18.9 Å². The van der Waals surface area contributed by atoms with Crippen molar-refractivity contribution < 1.29 is 14.4 Å². The lowest BCUT2D eigenvalue weighted by Gasteiger charge is -2.29. The minimum atomic E-state index is -1.38. The molecular weight excluding hydrogens is 468 g/mol. The largest absolute Gasteiger partial charge is 0.308 e. The van der Waals surface area contributed by atoms with Crippen LogP contribution < -0.4 is 10.2 Å². The van der Waals surface area contributed by atoms with Crippen molar-refractivity contribution in [1.29, 1.82) is 0 Å². The number of hydrogen-bond acceptors (Lipinski definition) is 5. The van der Waals surface area contributed by atoms with Crippen LogP contribution in [0.4, 0.5) is 5.69 Å². The van der Waals surface area contributed by atoms with Crippen molar-refractivity contribution in [3.8, 4) is 0 Å². The molecule has 2 aliphatic heterocycles. The summed E-state index contributed by atoms with van der Waals surface area (Å²) in [6, 6.07) is 15.5. The zero-order valence-electron chi connectivity index (χ0n) is 16.4. The van der Waals surface area contributed by atoms with Crippen molar-refractivity contribution >= 4 is 56.3 Å². The van der Waals surface area contributed by atoms with Crippen LogP contribution in [0.3, 0.4) is 0 Å². The van der Waals surface area contributed by atoms with Gasteiger partial charge in [0, 0.05) is 30.4 Å². The number of carbonyl (C=O) groups excluding carboxylic acids is 3. The molecule has 9 heteroatoms. The highest BCUT2D eigenvalue weighted by Crippen LogP contribution is 2.54. The fourth-order valence-electron chi connectivity index (χ4n) is 3.69. The highest BCUT2D eigenvalue weighted by atomic mass is 79.9. The lowest BCUT2D eigenvalue weighted by molar-refractivity contribution is -0.139. The molecule has 0 saturated carbocycles. The van der Waals surface area contributed by atoms with E-state index in [0.29, 0.717) is 18.5 Å². The summed E-state index contributed by atoms with van der Waals surface area (Å²) in [7, 11) is 0. The van der Waals surface area contributed by atoms with Crippen LogP contribution in [0.15, 0.2) is 58.1 Å². The Hall–Kier alpha value is -2.65. The maximum Gasteiger partial charge on any atom is 0.270 e. The Bertz CT molecular complexity index is 1080. The van der Waals surface area contributed by atoms with Gasteiger partial charge in [0.2, 0.25) is 16.7 Å². The maximum absolute atomic E-state index is 13.8. The molecule has 2 aromatic carbocycles. The third-order valence-corrected chi connectivity index (χ3v) is 6.66. The molecule has 0 unspecified atom stereocenters. The van der Waals surface area contributed by atoms with Gasteiger partial charge in [0.15, 0.2) is 5.17 Å². The predicted octanol–water partition coefficient (Wildman–Crippen LogP) is 3.19. The summed E-state index contributed by atoms with van der Waals surface area (Å²) in [6.45, 7) is 3.18. The van der Waals surface area contributed by atoms with Crippen LogP contribution in [0, 0.1) is 0 Å². The van der Waals surface area contributed by atoms with E-state index < -0.39 is 4.87 Å². The number of rotatable bonds is 3. The summed E-state index contributed by atoms with van der Waals surface area (Å²) in [5.41, 5.74) is 2.51.